The molecule has 1 atom stereocenters. The Balaban J connectivity index is 1.69. The molecule has 0 spiro atoms. The number of aryl methyl sites for hydroxylation is 1. The number of amides is 2. The smallest absolute Gasteiger partial charge is 0.264 e. The SMILES string of the molecule is CC[C@@H](C(=O)NC1CCCCC1)N(Cc1ccccc1)C(=O)CN(c1cccc(Br)c1)S(=O)(=O)c1ccc(C)cc1. The first-order valence-corrected chi connectivity index (χ1v) is 16.4. The summed E-state index contributed by atoms with van der Waals surface area (Å²) in [5, 5.41) is 3.17. The first-order chi connectivity index (χ1) is 19.7. The molecule has 7 nitrogen and oxygen atoms in total. The van der Waals surface area contributed by atoms with Crippen molar-refractivity contribution in [2.45, 2.75) is 75.9 Å². The minimum Gasteiger partial charge on any atom is -0.352 e. The number of hydrogen-bond donors (Lipinski definition) is 1. The number of sulfonamides is 1. The lowest BCUT2D eigenvalue weighted by Gasteiger charge is -2.34. The van der Waals surface area contributed by atoms with Gasteiger partial charge in [-0.05, 0) is 62.1 Å². The summed E-state index contributed by atoms with van der Waals surface area (Å²) >= 11 is 3.43. The summed E-state index contributed by atoms with van der Waals surface area (Å²) in [6, 6.07) is 22.3. The maximum atomic E-state index is 14.2. The van der Waals surface area contributed by atoms with Gasteiger partial charge in [-0.2, -0.15) is 0 Å². The van der Waals surface area contributed by atoms with Crippen LogP contribution in [0.25, 0.3) is 0 Å². The fraction of sp³-hybridized carbons (Fsp3) is 0.375. The Morgan fingerprint density at radius 2 is 1.63 bits per heavy atom. The Bertz CT molecular complexity index is 1420. The number of nitrogens with zero attached hydrogens (tertiary/aromatic N) is 2. The van der Waals surface area contributed by atoms with Crippen LogP contribution in [0.1, 0.15) is 56.6 Å². The fourth-order valence-electron chi connectivity index (χ4n) is 5.24. The lowest BCUT2D eigenvalue weighted by Crippen LogP contribution is -2.54. The van der Waals surface area contributed by atoms with Crippen molar-refractivity contribution in [2.75, 3.05) is 10.8 Å². The molecule has 0 heterocycles. The average molecular weight is 641 g/mol. The number of hydrogen-bond acceptors (Lipinski definition) is 4. The van der Waals surface area contributed by atoms with Gasteiger partial charge in [0.2, 0.25) is 11.8 Å². The van der Waals surface area contributed by atoms with Gasteiger partial charge in [0.1, 0.15) is 12.6 Å². The molecule has 0 radical (unpaired) electrons. The minimum atomic E-state index is -4.10. The van der Waals surface area contributed by atoms with Gasteiger partial charge in [0.25, 0.3) is 10.0 Å². The van der Waals surface area contributed by atoms with Gasteiger partial charge in [-0.15, -0.1) is 0 Å². The van der Waals surface area contributed by atoms with Gasteiger partial charge in [-0.1, -0.05) is 96.2 Å². The molecule has 41 heavy (non-hydrogen) atoms. The van der Waals surface area contributed by atoms with E-state index in [0.717, 1.165) is 41.1 Å². The number of halogens is 1. The van der Waals surface area contributed by atoms with Crippen molar-refractivity contribution < 1.29 is 18.0 Å². The summed E-state index contributed by atoms with van der Waals surface area (Å²) in [4.78, 5) is 29.4. The predicted molar refractivity (Wildman–Crippen MR) is 166 cm³/mol. The zero-order chi connectivity index (χ0) is 29.4. The number of rotatable bonds is 11. The molecule has 2 amide bonds. The normalized spacial score (nSPS) is 14.7. The molecule has 0 bridgehead atoms. The molecule has 1 fully saturated rings. The molecule has 0 aromatic heterocycles. The van der Waals surface area contributed by atoms with E-state index in [1.54, 1.807) is 48.5 Å². The first kappa shape index (κ1) is 30.8. The van der Waals surface area contributed by atoms with Crippen LogP contribution in [0.2, 0.25) is 0 Å². The van der Waals surface area contributed by atoms with Crippen LogP contribution in [0.4, 0.5) is 5.69 Å². The van der Waals surface area contributed by atoms with Crippen molar-refractivity contribution in [2.24, 2.45) is 0 Å². The van der Waals surface area contributed by atoms with E-state index < -0.39 is 28.5 Å². The van der Waals surface area contributed by atoms with Crippen molar-refractivity contribution >= 4 is 43.5 Å². The summed E-state index contributed by atoms with van der Waals surface area (Å²) in [6.07, 6.45) is 5.59. The second-order valence-corrected chi connectivity index (χ2v) is 13.4. The summed E-state index contributed by atoms with van der Waals surface area (Å²) in [6.45, 7) is 3.50. The third-order valence-corrected chi connectivity index (χ3v) is 9.80. The fourth-order valence-corrected chi connectivity index (χ4v) is 7.03. The van der Waals surface area contributed by atoms with Gasteiger partial charge >= 0.3 is 0 Å². The summed E-state index contributed by atoms with van der Waals surface area (Å²) in [7, 11) is -4.10. The van der Waals surface area contributed by atoms with E-state index in [-0.39, 0.29) is 23.4 Å². The van der Waals surface area contributed by atoms with Gasteiger partial charge < -0.3 is 10.2 Å². The second-order valence-electron chi connectivity index (χ2n) is 10.6. The molecule has 0 aliphatic heterocycles. The molecule has 9 heteroatoms. The van der Waals surface area contributed by atoms with Crippen LogP contribution in [0, 0.1) is 6.92 Å². The maximum Gasteiger partial charge on any atom is 0.264 e. The highest BCUT2D eigenvalue weighted by atomic mass is 79.9. The molecule has 1 aliphatic carbocycles. The van der Waals surface area contributed by atoms with E-state index in [4.69, 9.17) is 0 Å². The third-order valence-electron chi connectivity index (χ3n) is 7.52. The number of carbonyl (C=O) groups excluding carboxylic acids is 2. The minimum absolute atomic E-state index is 0.0903. The largest absolute Gasteiger partial charge is 0.352 e. The lowest BCUT2D eigenvalue weighted by molar-refractivity contribution is -0.140. The monoisotopic (exact) mass is 639 g/mol. The zero-order valence-electron chi connectivity index (χ0n) is 23.6. The van der Waals surface area contributed by atoms with Crippen molar-refractivity contribution in [1.29, 1.82) is 0 Å². The second kappa shape index (κ2) is 14.1. The lowest BCUT2D eigenvalue weighted by atomic mass is 9.95. The predicted octanol–water partition coefficient (Wildman–Crippen LogP) is 6.21. The van der Waals surface area contributed by atoms with E-state index in [1.165, 1.54) is 11.3 Å². The number of benzene rings is 3. The Hall–Kier alpha value is -3.17. The van der Waals surface area contributed by atoms with Gasteiger partial charge in [-0.3, -0.25) is 13.9 Å². The van der Waals surface area contributed by atoms with Crippen LogP contribution in [-0.2, 0) is 26.2 Å². The van der Waals surface area contributed by atoms with Crippen LogP contribution >= 0.6 is 15.9 Å². The van der Waals surface area contributed by atoms with Gasteiger partial charge in [0, 0.05) is 17.1 Å². The van der Waals surface area contributed by atoms with E-state index >= 15 is 0 Å². The maximum absolute atomic E-state index is 14.2. The topological polar surface area (TPSA) is 86.8 Å². The Kier molecular flexibility index (Phi) is 10.6. The first-order valence-electron chi connectivity index (χ1n) is 14.2. The molecular weight excluding hydrogens is 602 g/mol. The number of carbonyl (C=O) groups is 2. The van der Waals surface area contributed by atoms with Crippen LogP contribution in [0.5, 0.6) is 0 Å². The van der Waals surface area contributed by atoms with Crippen molar-refractivity contribution in [1.82, 2.24) is 10.2 Å². The quantitative estimate of drug-likeness (QED) is 0.270. The van der Waals surface area contributed by atoms with Crippen LogP contribution in [0.15, 0.2) is 88.2 Å². The van der Waals surface area contributed by atoms with Gasteiger partial charge in [-0.25, -0.2) is 8.42 Å². The molecular formula is C32H38BrN3O4S. The summed E-state index contributed by atoms with van der Waals surface area (Å²) < 4.78 is 29.8. The summed E-state index contributed by atoms with van der Waals surface area (Å²) in [5.41, 5.74) is 2.14. The van der Waals surface area contributed by atoms with Crippen LogP contribution in [-0.4, -0.2) is 43.8 Å². The standard InChI is InChI=1S/C32H38BrN3O4S/c1-3-30(32(38)34-27-14-8-5-9-15-27)35(22-25-11-6-4-7-12-25)31(37)23-36(28-16-10-13-26(33)21-28)41(39,40)29-19-17-24(2)18-20-29/h4,6-7,10-13,16-21,27,30H,3,5,8-9,14-15,22-23H2,1-2H3,(H,34,38)/t30-/m0/s1. The Morgan fingerprint density at radius 3 is 2.27 bits per heavy atom. The van der Waals surface area contributed by atoms with E-state index in [9.17, 15) is 18.0 Å². The Labute approximate surface area is 252 Å². The van der Waals surface area contributed by atoms with Gasteiger partial charge in [0.05, 0.1) is 10.6 Å². The van der Waals surface area contributed by atoms with E-state index in [0.29, 0.717) is 16.6 Å². The molecule has 1 saturated carbocycles. The molecule has 4 rings (SSSR count). The molecule has 3 aromatic rings. The highest BCUT2D eigenvalue weighted by Crippen LogP contribution is 2.27. The molecule has 0 saturated heterocycles. The Morgan fingerprint density at radius 1 is 0.951 bits per heavy atom. The van der Waals surface area contributed by atoms with Crippen molar-refractivity contribution in [3.05, 3.63) is 94.5 Å². The van der Waals surface area contributed by atoms with Crippen molar-refractivity contribution in [3.8, 4) is 0 Å². The van der Waals surface area contributed by atoms with E-state index in [1.807, 2.05) is 44.2 Å². The van der Waals surface area contributed by atoms with Crippen LogP contribution in [0.3, 0.4) is 0 Å². The van der Waals surface area contributed by atoms with Gasteiger partial charge in [0.15, 0.2) is 0 Å². The highest BCUT2D eigenvalue weighted by molar-refractivity contribution is 9.10. The van der Waals surface area contributed by atoms with Crippen LogP contribution < -0.4 is 9.62 Å². The van der Waals surface area contributed by atoms with E-state index in [2.05, 4.69) is 21.2 Å². The zero-order valence-corrected chi connectivity index (χ0v) is 26.0. The molecule has 1 aliphatic rings. The average Bonchev–Trinajstić information content (AvgIpc) is 2.97. The molecule has 3 aromatic carbocycles. The molecule has 218 valence electrons. The number of anilines is 1. The third kappa shape index (κ3) is 7.98. The highest BCUT2D eigenvalue weighted by Gasteiger charge is 2.34. The summed E-state index contributed by atoms with van der Waals surface area (Å²) in [5.74, 6) is -0.644. The molecule has 1 N–H and O–H groups in total. The number of nitrogens with one attached hydrogen (secondary N) is 1. The van der Waals surface area contributed by atoms with Crippen molar-refractivity contribution in [3.63, 3.8) is 0 Å². The molecule has 0 unspecified atom stereocenters.